The molecule has 0 aliphatic rings. The smallest absolute Gasteiger partial charge is 0.239 e. The predicted molar refractivity (Wildman–Crippen MR) is 75.6 cm³/mol. The Morgan fingerprint density at radius 3 is 2.75 bits per heavy atom. The molecule has 8 heteroatoms. The normalized spacial score (nSPS) is 11.8. The number of hydrogen-bond donors (Lipinski definition) is 1. The highest BCUT2D eigenvalue weighted by atomic mass is 32.2. The van der Waals surface area contributed by atoms with Gasteiger partial charge in [-0.15, -0.1) is 0 Å². The van der Waals surface area contributed by atoms with E-state index in [9.17, 15) is 13.2 Å². The Morgan fingerprint density at radius 2 is 2.05 bits per heavy atom. The molecule has 106 valence electrons. The Morgan fingerprint density at radius 1 is 1.30 bits per heavy atom. The number of sulfonamides is 1. The van der Waals surface area contributed by atoms with E-state index in [-0.39, 0.29) is 6.54 Å². The lowest BCUT2D eigenvalue weighted by Crippen LogP contribution is -2.34. The summed E-state index contributed by atoms with van der Waals surface area (Å²) in [6.07, 6.45) is 4.20. The molecule has 0 bridgehead atoms. The van der Waals surface area contributed by atoms with Gasteiger partial charge in [0.15, 0.2) is 0 Å². The minimum atomic E-state index is -3.39. The number of carbonyl (C=O) groups is 1. The summed E-state index contributed by atoms with van der Waals surface area (Å²) >= 11 is 0. The number of anilines is 1. The van der Waals surface area contributed by atoms with Crippen LogP contribution < -0.4 is 5.32 Å². The van der Waals surface area contributed by atoms with Crippen LogP contribution in [0.15, 0.2) is 30.6 Å². The van der Waals surface area contributed by atoms with Gasteiger partial charge in [-0.2, -0.15) is 4.31 Å². The number of amides is 1. The van der Waals surface area contributed by atoms with Gasteiger partial charge in [0, 0.05) is 19.4 Å². The van der Waals surface area contributed by atoms with Crippen LogP contribution in [0.3, 0.4) is 0 Å². The van der Waals surface area contributed by atoms with E-state index >= 15 is 0 Å². The molecule has 0 unspecified atom stereocenters. The number of nitrogens with one attached hydrogen (secondary N) is 1. The second-order valence-corrected chi connectivity index (χ2v) is 6.39. The van der Waals surface area contributed by atoms with Gasteiger partial charge >= 0.3 is 0 Å². The van der Waals surface area contributed by atoms with E-state index in [1.807, 2.05) is 0 Å². The van der Waals surface area contributed by atoms with Crippen molar-refractivity contribution in [3.63, 3.8) is 0 Å². The minimum Gasteiger partial charge on any atom is -0.323 e. The molecule has 20 heavy (non-hydrogen) atoms. The van der Waals surface area contributed by atoms with E-state index in [1.165, 1.54) is 7.05 Å². The van der Waals surface area contributed by atoms with Crippen molar-refractivity contribution in [2.24, 2.45) is 0 Å². The van der Waals surface area contributed by atoms with Gasteiger partial charge < -0.3 is 5.32 Å². The van der Waals surface area contributed by atoms with E-state index < -0.39 is 15.9 Å². The molecule has 0 aliphatic heterocycles. The zero-order valence-corrected chi connectivity index (χ0v) is 11.9. The Labute approximate surface area is 116 Å². The maximum atomic E-state index is 11.8. The molecule has 1 amide bonds. The molecule has 0 atom stereocenters. The molecule has 0 fully saturated rings. The number of carbonyl (C=O) groups excluding carboxylic acids is 1. The second kappa shape index (κ2) is 5.51. The molecule has 2 rings (SSSR count). The van der Waals surface area contributed by atoms with Crippen LogP contribution in [0, 0.1) is 0 Å². The van der Waals surface area contributed by atoms with Crippen LogP contribution in [0.5, 0.6) is 0 Å². The van der Waals surface area contributed by atoms with Gasteiger partial charge in [0.25, 0.3) is 0 Å². The number of aromatic nitrogens is 2. The summed E-state index contributed by atoms with van der Waals surface area (Å²) in [6.45, 7) is -0.254. The van der Waals surface area contributed by atoms with Crippen LogP contribution in [-0.4, -0.2) is 48.4 Å². The van der Waals surface area contributed by atoms with Crippen LogP contribution in [0.4, 0.5) is 5.69 Å². The molecule has 0 saturated heterocycles. The molecule has 2 heterocycles. The average Bonchev–Trinajstić information content (AvgIpc) is 2.38. The zero-order valence-electron chi connectivity index (χ0n) is 11.1. The number of hydrogen-bond acceptors (Lipinski definition) is 5. The maximum absolute atomic E-state index is 11.8. The third kappa shape index (κ3) is 3.28. The summed E-state index contributed by atoms with van der Waals surface area (Å²) in [6, 6.07) is 5.15. The first-order chi connectivity index (χ1) is 9.38. The van der Waals surface area contributed by atoms with Crippen molar-refractivity contribution < 1.29 is 13.2 Å². The van der Waals surface area contributed by atoms with Gasteiger partial charge in [0.1, 0.15) is 5.52 Å². The third-order valence-electron chi connectivity index (χ3n) is 2.70. The van der Waals surface area contributed by atoms with E-state index in [4.69, 9.17) is 0 Å². The van der Waals surface area contributed by atoms with Gasteiger partial charge in [0.05, 0.1) is 24.0 Å². The number of rotatable bonds is 4. The van der Waals surface area contributed by atoms with Gasteiger partial charge in [-0.25, -0.2) is 8.42 Å². The lowest BCUT2D eigenvalue weighted by atomic mass is 10.3. The SMILES string of the molecule is CN(CC(=O)Nc1ccnc2cccnc12)S(C)(=O)=O. The molecule has 0 aromatic carbocycles. The highest BCUT2D eigenvalue weighted by Gasteiger charge is 2.16. The quantitative estimate of drug-likeness (QED) is 0.884. The summed E-state index contributed by atoms with van der Waals surface area (Å²) in [7, 11) is -2.04. The molecule has 7 nitrogen and oxygen atoms in total. The van der Waals surface area contributed by atoms with E-state index in [2.05, 4.69) is 15.3 Å². The monoisotopic (exact) mass is 294 g/mol. The predicted octanol–water partition coefficient (Wildman–Crippen LogP) is 0.460. The number of likely N-dealkylation sites (N-methyl/N-ethyl adjacent to an activating group) is 1. The first-order valence-corrected chi connectivity index (χ1v) is 7.63. The largest absolute Gasteiger partial charge is 0.323 e. The fourth-order valence-corrected chi connectivity index (χ4v) is 1.94. The topological polar surface area (TPSA) is 92.3 Å². The van der Waals surface area contributed by atoms with Crippen molar-refractivity contribution in [3.05, 3.63) is 30.6 Å². The molecular weight excluding hydrogens is 280 g/mol. The van der Waals surface area contributed by atoms with Crippen molar-refractivity contribution in [1.29, 1.82) is 0 Å². The van der Waals surface area contributed by atoms with Crippen LogP contribution in [0.25, 0.3) is 11.0 Å². The Bertz CT molecular complexity index is 740. The third-order valence-corrected chi connectivity index (χ3v) is 3.96. The van der Waals surface area contributed by atoms with Gasteiger partial charge in [-0.3, -0.25) is 14.8 Å². The Kier molecular flexibility index (Phi) is 3.96. The molecule has 1 N–H and O–H groups in total. The van der Waals surface area contributed by atoms with Crippen LogP contribution >= 0.6 is 0 Å². The van der Waals surface area contributed by atoms with Crippen molar-refractivity contribution in [2.45, 2.75) is 0 Å². The first kappa shape index (κ1) is 14.4. The number of nitrogens with zero attached hydrogens (tertiary/aromatic N) is 3. The first-order valence-electron chi connectivity index (χ1n) is 5.79. The zero-order chi connectivity index (χ0) is 14.8. The standard InChI is InChI=1S/C12H14N4O3S/c1-16(20(2,18)19)8-11(17)15-10-5-7-13-9-4-3-6-14-12(9)10/h3-7H,8H2,1-2H3,(H,13,15,17). The van der Waals surface area contributed by atoms with Crippen LogP contribution in [0.2, 0.25) is 0 Å². The Hall–Kier alpha value is -2.06. The van der Waals surface area contributed by atoms with Crippen molar-refractivity contribution >= 4 is 32.7 Å². The summed E-state index contributed by atoms with van der Waals surface area (Å²) in [4.78, 5) is 20.1. The maximum Gasteiger partial charge on any atom is 0.239 e. The van der Waals surface area contributed by atoms with Crippen LogP contribution in [-0.2, 0) is 14.8 Å². The summed E-state index contributed by atoms with van der Waals surface area (Å²) in [5.41, 5.74) is 1.72. The number of fused-ring (bicyclic) bond motifs is 1. The summed E-state index contributed by atoms with van der Waals surface area (Å²) in [5, 5.41) is 2.64. The van der Waals surface area contributed by atoms with E-state index in [0.29, 0.717) is 16.7 Å². The molecule has 2 aromatic heterocycles. The van der Waals surface area contributed by atoms with Crippen molar-refractivity contribution in [1.82, 2.24) is 14.3 Å². The van der Waals surface area contributed by atoms with E-state index in [1.54, 1.807) is 30.6 Å². The highest BCUT2D eigenvalue weighted by Crippen LogP contribution is 2.18. The van der Waals surface area contributed by atoms with Crippen LogP contribution in [0.1, 0.15) is 0 Å². The summed E-state index contributed by atoms with van der Waals surface area (Å²) < 4.78 is 23.5. The molecule has 0 aliphatic carbocycles. The Balaban J connectivity index is 2.19. The van der Waals surface area contributed by atoms with E-state index in [0.717, 1.165) is 10.6 Å². The molecular formula is C12H14N4O3S. The molecule has 0 saturated carbocycles. The van der Waals surface area contributed by atoms with Gasteiger partial charge in [-0.05, 0) is 18.2 Å². The molecule has 0 spiro atoms. The van der Waals surface area contributed by atoms with Crippen molar-refractivity contribution in [3.8, 4) is 0 Å². The fourth-order valence-electron chi connectivity index (χ4n) is 1.59. The van der Waals surface area contributed by atoms with Gasteiger partial charge in [0.2, 0.25) is 15.9 Å². The van der Waals surface area contributed by atoms with Gasteiger partial charge in [-0.1, -0.05) is 0 Å². The molecule has 0 radical (unpaired) electrons. The molecule has 2 aromatic rings. The fraction of sp³-hybridized carbons (Fsp3) is 0.250. The lowest BCUT2D eigenvalue weighted by Gasteiger charge is -2.14. The number of pyridine rings is 2. The van der Waals surface area contributed by atoms with Crippen molar-refractivity contribution in [2.75, 3.05) is 25.2 Å². The minimum absolute atomic E-state index is 0.254. The average molecular weight is 294 g/mol. The summed E-state index contributed by atoms with van der Waals surface area (Å²) in [5.74, 6) is -0.434. The second-order valence-electron chi connectivity index (χ2n) is 4.30. The highest BCUT2D eigenvalue weighted by molar-refractivity contribution is 7.88. The lowest BCUT2D eigenvalue weighted by molar-refractivity contribution is -0.116.